The molecule has 5 rings (SSSR count). The highest BCUT2D eigenvalue weighted by Gasteiger charge is 2.23. The van der Waals surface area contributed by atoms with Crippen molar-refractivity contribution in [1.82, 2.24) is 19.3 Å². The van der Waals surface area contributed by atoms with E-state index < -0.39 is 0 Å². The van der Waals surface area contributed by atoms with Gasteiger partial charge in [-0.05, 0) is 35.5 Å². The molecule has 5 aromatic rings. The Hall–Kier alpha value is -3.29. The molecule has 3 aromatic heterocycles. The fourth-order valence-corrected chi connectivity index (χ4v) is 4.64. The van der Waals surface area contributed by atoms with Crippen LogP contribution < -0.4 is 10.5 Å². The number of halogens is 2. The Morgan fingerprint density at radius 2 is 1.72 bits per heavy atom. The van der Waals surface area contributed by atoms with Crippen LogP contribution in [-0.4, -0.2) is 33.4 Å². The van der Waals surface area contributed by atoms with Gasteiger partial charge in [0.05, 0.1) is 5.52 Å². The third-order valence-electron chi connectivity index (χ3n) is 5.66. The van der Waals surface area contributed by atoms with E-state index in [1.165, 1.54) is 0 Å². The molecule has 2 aromatic carbocycles. The van der Waals surface area contributed by atoms with Crippen LogP contribution in [0.4, 0.5) is 5.95 Å². The van der Waals surface area contributed by atoms with Gasteiger partial charge in [-0.25, -0.2) is 0 Å². The van der Waals surface area contributed by atoms with Gasteiger partial charge in [-0.15, -0.1) is 0 Å². The van der Waals surface area contributed by atoms with Crippen LogP contribution in [0.3, 0.4) is 0 Å². The van der Waals surface area contributed by atoms with E-state index in [9.17, 15) is 4.79 Å². The Labute approximate surface area is 193 Å². The van der Waals surface area contributed by atoms with Crippen LogP contribution in [-0.2, 0) is 14.1 Å². The van der Waals surface area contributed by atoms with Gasteiger partial charge in [-0.3, -0.25) is 9.36 Å². The maximum atomic E-state index is 12.3. The Bertz CT molecular complexity index is 1580. The number of nitrogens with zero attached hydrogens (tertiary/aromatic N) is 5. The van der Waals surface area contributed by atoms with Crippen LogP contribution in [0.25, 0.3) is 44.5 Å². The Balaban J connectivity index is 1.98. The number of fused-ring (bicyclic) bond motifs is 3. The van der Waals surface area contributed by atoms with E-state index in [-0.39, 0.29) is 5.56 Å². The van der Waals surface area contributed by atoms with Crippen molar-refractivity contribution >= 4 is 51.1 Å². The van der Waals surface area contributed by atoms with E-state index in [4.69, 9.17) is 27.7 Å². The summed E-state index contributed by atoms with van der Waals surface area (Å²) in [5.41, 5.74) is 4.02. The summed E-state index contributed by atoms with van der Waals surface area (Å²) in [5, 5.41) is 6.97. The standard InChI is InChI=1S/C23H19Cl2N5O2/c1-28(2)23-26-21(32-27-23)14-7-9-17-20(19(14)13-6-5-12(24)11-16(13)25)15-8-10-18(31)30(4)22(15)29(17)3/h5-11H,1-4H3. The Morgan fingerprint density at radius 1 is 0.969 bits per heavy atom. The first-order valence-electron chi connectivity index (χ1n) is 9.86. The molecule has 0 aliphatic rings. The summed E-state index contributed by atoms with van der Waals surface area (Å²) in [6.45, 7) is 0. The van der Waals surface area contributed by atoms with Crippen molar-refractivity contribution in [1.29, 1.82) is 0 Å². The van der Waals surface area contributed by atoms with Crippen molar-refractivity contribution < 1.29 is 4.52 Å². The van der Waals surface area contributed by atoms with Crippen LogP contribution >= 0.6 is 23.2 Å². The van der Waals surface area contributed by atoms with E-state index in [0.717, 1.165) is 38.6 Å². The maximum absolute atomic E-state index is 12.3. The minimum Gasteiger partial charge on any atom is -0.344 e. The predicted molar refractivity (Wildman–Crippen MR) is 129 cm³/mol. The maximum Gasteiger partial charge on any atom is 0.265 e. The van der Waals surface area contributed by atoms with E-state index in [1.807, 2.05) is 50.0 Å². The number of aromatic nitrogens is 4. The van der Waals surface area contributed by atoms with Gasteiger partial charge in [0.2, 0.25) is 0 Å². The van der Waals surface area contributed by atoms with E-state index in [1.54, 1.807) is 34.7 Å². The Morgan fingerprint density at radius 3 is 2.41 bits per heavy atom. The number of benzene rings is 2. The molecule has 0 spiro atoms. The van der Waals surface area contributed by atoms with Gasteiger partial charge in [0.25, 0.3) is 17.4 Å². The summed E-state index contributed by atoms with van der Waals surface area (Å²) in [7, 11) is 7.40. The fraction of sp³-hybridized carbons (Fsp3) is 0.174. The number of aryl methyl sites for hydroxylation is 2. The van der Waals surface area contributed by atoms with Crippen molar-refractivity contribution in [3.05, 3.63) is 62.9 Å². The molecule has 0 bridgehead atoms. The van der Waals surface area contributed by atoms with Gasteiger partial charge in [0.1, 0.15) is 5.65 Å². The zero-order valence-electron chi connectivity index (χ0n) is 17.8. The fourth-order valence-electron chi connectivity index (χ4n) is 4.14. The zero-order chi connectivity index (χ0) is 22.7. The van der Waals surface area contributed by atoms with Crippen LogP contribution in [0.15, 0.2) is 51.8 Å². The van der Waals surface area contributed by atoms with E-state index in [0.29, 0.717) is 21.9 Å². The van der Waals surface area contributed by atoms with Crippen molar-refractivity contribution in [2.45, 2.75) is 0 Å². The normalized spacial score (nSPS) is 11.6. The highest BCUT2D eigenvalue weighted by atomic mass is 35.5. The third-order valence-corrected chi connectivity index (χ3v) is 6.21. The lowest BCUT2D eigenvalue weighted by atomic mass is 9.94. The third kappa shape index (κ3) is 3.00. The summed E-state index contributed by atoms with van der Waals surface area (Å²) in [6, 6.07) is 12.7. The van der Waals surface area contributed by atoms with Crippen LogP contribution in [0.1, 0.15) is 0 Å². The topological polar surface area (TPSA) is 69.1 Å². The number of hydrogen-bond donors (Lipinski definition) is 0. The number of anilines is 1. The summed E-state index contributed by atoms with van der Waals surface area (Å²) in [5.74, 6) is 0.840. The molecule has 162 valence electrons. The molecular weight excluding hydrogens is 449 g/mol. The lowest BCUT2D eigenvalue weighted by molar-refractivity contribution is 0.431. The number of rotatable bonds is 3. The first-order valence-corrected chi connectivity index (χ1v) is 10.6. The van der Waals surface area contributed by atoms with Crippen molar-refractivity contribution in [2.75, 3.05) is 19.0 Å². The van der Waals surface area contributed by atoms with Crippen LogP contribution in [0, 0.1) is 0 Å². The van der Waals surface area contributed by atoms with Crippen molar-refractivity contribution in [3.8, 4) is 22.6 Å². The average molecular weight is 468 g/mol. The van der Waals surface area contributed by atoms with Gasteiger partial charge in [0.15, 0.2) is 0 Å². The van der Waals surface area contributed by atoms with Crippen LogP contribution in [0.2, 0.25) is 10.0 Å². The van der Waals surface area contributed by atoms with Crippen molar-refractivity contribution in [2.24, 2.45) is 14.1 Å². The predicted octanol–water partition coefficient (Wildman–Crippen LogP) is 5.12. The SMILES string of the molecule is CN(C)c1noc(-c2ccc3c(c2-c2ccc(Cl)cc2Cl)c2ccc(=O)n(C)c2n3C)n1. The van der Waals surface area contributed by atoms with Crippen LogP contribution in [0.5, 0.6) is 0 Å². The first kappa shape index (κ1) is 20.6. The molecule has 0 aliphatic carbocycles. The van der Waals surface area contributed by atoms with E-state index in [2.05, 4.69) is 10.1 Å². The molecule has 0 aliphatic heterocycles. The summed E-state index contributed by atoms with van der Waals surface area (Å²) in [4.78, 5) is 18.7. The molecule has 0 saturated heterocycles. The molecule has 3 heterocycles. The molecule has 0 amide bonds. The molecule has 0 unspecified atom stereocenters. The monoisotopic (exact) mass is 467 g/mol. The Kier molecular flexibility index (Phi) is 4.76. The van der Waals surface area contributed by atoms with Crippen molar-refractivity contribution in [3.63, 3.8) is 0 Å². The van der Waals surface area contributed by atoms with Gasteiger partial charge in [-0.1, -0.05) is 29.3 Å². The lowest BCUT2D eigenvalue weighted by Crippen LogP contribution is -2.16. The minimum absolute atomic E-state index is 0.0813. The smallest absolute Gasteiger partial charge is 0.265 e. The molecule has 0 radical (unpaired) electrons. The van der Waals surface area contributed by atoms with Gasteiger partial charge in [0, 0.05) is 71.8 Å². The average Bonchev–Trinajstić information content (AvgIpc) is 3.35. The van der Waals surface area contributed by atoms with Gasteiger partial charge in [-0.2, -0.15) is 4.98 Å². The largest absolute Gasteiger partial charge is 0.344 e. The van der Waals surface area contributed by atoms with Gasteiger partial charge < -0.3 is 14.0 Å². The highest BCUT2D eigenvalue weighted by Crippen LogP contribution is 2.44. The molecule has 9 heteroatoms. The second-order valence-corrected chi connectivity index (χ2v) is 8.67. The first-order chi connectivity index (χ1) is 15.3. The second-order valence-electron chi connectivity index (χ2n) is 7.83. The second kappa shape index (κ2) is 7.39. The van der Waals surface area contributed by atoms with Gasteiger partial charge >= 0.3 is 0 Å². The molecule has 32 heavy (non-hydrogen) atoms. The number of pyridine rings is 1. The molecule has 0 fully saturated rings. The molecular formula is C23H19Cl2N5O2. The molecule has 0 atom stereocenters. The lowest BCUT2D eigenvalue weighted by Gasteiger charge is -2.12. The highest BCUT2D eigenvalue weighted by molar-refractivity contribution is 6.37. The zero-order valence-corrected chi connectivity index (χ0v) is 19.4. The molecule has 0 saturated carbocycles. The molecule has 7 nitrogen and oxygen atoms in total. The summed E-state index contributed by atoms with van der Waals surface area (Å²) in [6.07, 6.45) is 0. The number of hydrogen-bond acceptors (Lipinski definition) is 5. The summed E-state index contributed by atoms with van der Waals surface area (Å²) >= 11 is 12.9. The minimum atomic E-state index is -0.0813. The quantitative estimate of drug-likeness (QED) is 0.368. The van der Waals surface area contributed by atoms with E-state index >= 15 is 0 Å². The summed E-state index contributed by atoms with van der Waals surface area (Å²) < 4.78 is 9.25. The molecule has 0 N–H and O–H groups in total.